The number of nitrogens with zero attached hydrogens (tertiary/aromatic N) is 2. The van der Waals surface area contributed by atoms with Crippen LogP contribution in [0.2, 0.25) is 0 Å². The van der Waals surface area contributed by atoms with Gasteiger partial charge in [0.1, 0.15) is 5.75 Å². The van der Waals surface area contributed by atoms with E-state index in [1.54, 1.807) is 36.3 Å². The number of para-hydroxylation sites is 1. The van der Waals surface area contributed by atoms with Gasteiger partial charge in [0, 0.05) is 24.4 Å². The number of hydrogen-bond acceptors (Lipinski definition) is 3. The topological polar surface area (TPSA) is 39.1 Å². The highest BCUT2D eigenvalue weighted by atomic mass is 19.4. The Labute approximate surface area is 120 Å². The molecule has 7 heteroatoms. The quantitative estimate of drug-likeness (QED) is 0.922. The zero-order valence-corrected chi connectivity index (χ0v) is 11.7. The molecule has 0 bridgehead atoms. The van der Waals surface area contributed by atoms with Gasteiger partial charge >= 0.3 is 6.36 Å². The molecular formula is C14H16F3N3O. The third-order valence-corrected chi connectivity index (χ3v) is 2.92. The predicted molar refractivity (Wildman–Crippen MR) is 71.9 cm³/mol. The molecule has 0 saturated heterocycles. The zero-order chi connectivity index (χ0) is 15.5. The highest BCUT2D eigenvalue weighted by molar-refractivity contribution is 5.40. The van der Waals surface area contributed by atoms with E-state index in [2.05, 4.69) is 15.2 Å². The van der Waals surface area contributed by atoms with Crippen LogP contribution < -0.4 is 10.1 Å². The van der Waals surface area contributed by atoms with Crippen molar-refractivity contribution in [2.45, 2.75) is 19.3 Å². The summed E-state index contributed by atoms with van der Waals surface area (Å²) in [5.41, 5.74) is 1.20. The lowest BCUT2D eigenvalue weighted by Crippen LogP contribution is -2.24. The number of nitrogens with one attached hydrogen (secondary N) is 1. The van der Waals surface area contributed by atoms with Gasteiger partial charge in [-0.05, 0) is 12.6 Å². The largest absolute Gasteiger partial charge is 0.573 e. The lowest BCUT2D eigenvalue weighted by atomic mass is 10.0. The number of aryl methyl sites for hydroxylation is 1. The first kappa shape index (κ1) is 15.4. The maximum Gasteiger partial charge on any atom is 0.573 e. The molecule has 0 fully saturated rings. The van der Waals surface area contributed by atoms with Crippen molar-refractivity contribution >= 4 is 0 Å². The molecule has 1 aromatic heterocycles. The highest BCUT2D eigenvalue weighted by Gasteiger charge is 2.33. The second kappa shape index (κ2) is 6.17. The molecule has 4 nitrogen and oxygen atoms in total. The molecule has 1 heterocycles. The molecule has 0 aliphatic carbocycles. The van der Waals surface area contributed by atoms with Crippen LogP contribution >= 0.6 is 0 Å². The molecule has 21 heavy (non-hydrogen) atoms. The number of ether oxygens (including phenoxy) is 1. The Balaban J connectivity index is 2.41. The number of aromatic nitrogens is 2. The maximum absolute atomic E-state index is 12.5. The molecule has 114 valence electrons. The summed E-state index contributed by atoms with van der Waals surface area (Å²) in [7, 11) is 1.75. The van der Waals surface area contributed by atoms with Gasteiger partial charge in [0.2, 0.25) is 0 Å². The van der Waals surface area contributed by atoms with Crippen LogP contribution in [0.15, 0.2) is 36.7 Å². The molecule has 0 saturated carbocycles. The number of hydrogen-bond donors (Lipinski definition) is 1. The van der Waals surface area contributed by atoms with Gasteiger partial charge in [-0.2, -0.15) is 5.10 Å². The van der Waals surface area contributed by atoms with E-state index >= 15 is 0 Å². The normalized spacial score (nSPS) is 13.2. The Kier molecular flexibility index (Phi) is 4.52. The van der Waals surface area contributed by atoms with Gasteiger partial charge in [-0.15, -0.1) is 13.2 Å². The van der Waals surface area contributed by atoms with Crippen molar-refractivity contribution in [1.29, 1.82) is 0 Å². The Morgan fingerprint density at radius 2 is 2.05 bits per heavy atom. The second-order valence-corrected chi connectivity index (χ2v) is 4.52. The average Bonchev–Trinajstić information content (AvgIpc) is 2.82. The van der Waals surface area contributed by atoms with Crippen LogP contribution in [0.3, 0.4) is 0 Å². The molecule has 1 atom stereocenters. The SMILES string of the molecule is CCNC(c1cnn(C)c1)c1ccccc1OC(F)(F)F. The van der Waals surface area contributed by atoms with Crippen molar-refractivity contribution in [1.82, 2.24) is 15.1 Å². The van der Waals surface area contributed by atoms with Crippen LogP contribution in [0.25, 0.3) is 0 Å². The number of benzene rings is 1. The summed E-state index contributed by atoms with van der Waals surface area (Å²) in [5.74, 6) is -0.209. The van der Waals surface area contributed by atoms with Gasteiger partial charge in [0.15, 0.2) is 0 Å². The van der Waals surface area contributed by atoms with Crippen LogP contribution in [0.5, 0.6) is 5.75 Å². The van der Waals surface area contributed by atoms with Crippen molar-refractivity contribution in [3.05, 3.63) is 47.8 Å². The predicted octanol–water partition coefficient (Wildman–Crippen LogP) is 3.02. The Morgan fingerprint density at radius 1 is 1.33 bits per heavy atom. The van der Waals surface area contributed by atoms with E-state index in [0.717, 1.165) is 5.56 Å². The van der Waals surface area contributed by atoms with Crippen LogP contribution in [0.4, 0.5) is 13.2 Å². The van der Waals surface area contributed by atoms with E-state index in [1.807, 2.05) is 6.92 Å². The third-order valence-electron chi connectivity index (χ3n) is 2.92. The van der Waals surface area contributed by atoms with E-state index in [-0.39, 0.29) is 5.75 Å². The lowest BCUT2D eigenvalue weighted by Gasteiger charge is -2.21. The van der Waals surface area contributed by atoms with Crippen molar-refractivity contribution in [3.8, 4) is 5.75 Å². The minimum atomic E-state index is -4.72. The maximum atomic E-state index is 12.5. The Morgan fingerprint density at radius 3 is 2.62 bits per heavy atom. The molecule has 2 aromatic rings. The third kappa shape index (κ3) is 3.98. The molecule has 1 unspecified atom stereocenters. The van der Waals surface area contributed by atoms with Crippen LogP contribution in [-0.2, 0) is 7.05 Å². The number of rotatable bonds is 5. The van der Waals surface area contributed by atoms with Crippen LogP contribution in [0, 0.1) is 0 Å². The lowest BCUT2D eigenvalue weighted by molar-refractivity contribution is -0.275. The molecule has 1 aromatic carbocycles. The molecule has 0 radical (unpaired) electrons. The van der Waals surface area contributed by atoms with E-state index < -0.39 is 12.4 Å². The van der Waals surface area contributed by atoms with Gasteiger partial charge in [0.25, 0.3) is 0 Å². The summed E-state index contributed by atoms with van der Waals surface area (Å²) in [6.45, 7) is 2.48. The van der Waals surface area contributed by atoms with Gasteiger partial charge < -0.3 is 10.1 Å². The summed E-state index contributed by atoms with van der Waals surface area (Å²) in [4.78, 5) is 0. The molecule has 1 N–H and O–H groups in total. The standard InChI is InChI=1S/C14H16F3N3O/c1-3-18-13(10-8-19-20(2)9-10)11-6-4-5-7-12(11)21-14(15,16)17/h4-9,13,18H,3H2,1-2H3. The average molecular weight is 299 g/mol. The summed E-state index contributed by atoms with van der Waals surface area (Å²) >= 11 is 0. The molecular weight excluding hydrogens is 283 g/mol. The fourth-order valence-corrected chi connectivity index (χ4v) is 2.14. The number of alkyl halides is 3. The first-order valence-corrected chi connectivity index (χ1v) is 6.47. The summed E-state index contributed by atoms with van der Waals surface area (Å²) in [6.07, 6.45) is -1.34. The first-order chi connectivity index (χ1) is 9.90. The zero-order valence-electron chi connectivity index (χ0n) is 11.7. The van der Waals surface area contributed by atoms with E-state index in [9.17, 15) is 13.2 Å². The van der Waals surface area contributed by atoms with E-state index in [4.69, 9.17) is 0 Å². The van der Waals surface area contributed by atoms with Crippen molar-refractivity contribution in [3.63, 3.8) is 0 Å². The molecule has 0 aliphatic rings. The summed E-state index contributed by atoms with van der Waals surface area (Å²) < 4.78 is 43.3. The van der Waals surface area contributed by atoms with E-state index in [0.29, 0.717) is 12.1 Å². The minimum absolute atomic E-state index is 0.209. The minimum Gasteiger partial charge on any atom is -0.405 e. The monoisotopic (exact) mass is 299 g/mol. The highest BCUT2D eigenvalue weighted by Crippen LogP contribution is 2.33. The summed E-state index contributed by atoms with van der Waals surface area (Å²) in [6, 6.07) is 5.70. The second-order valence-electron chi connectivity index (χ2n) is 4.52. The van der Waals surface area contributed by atoms with E-state index in [1.165, 1.54) is 12.1 Å². The molecule has 0 spiro atoms. The molecule has 2 rings (SSSR count). The Hall–Kier alpha value is -2.02. The Bertz CT molecular complexity index is 595. The van der Waals surface area contributed by atoms with Crippen LogP contribution in [0.1, 0.15) is 24.1 Å². The molecule has 0 aliphatic heterocycles. The van der Waals surface area contributed by atoms with Gasteiger partial charge in [0.05, 0.1) is 12.2 Å². The van der Waals surface area contributed by atoms with Gasteiger partial charge in [-0.25, -0.2) is 0 Å². The summed E-state index contributed by atoms with van der Waals surface area (Å²) in [5, 5.41) is 7.22. The van der Waals surface area contributed by atoms with Crippen LogP contribution in [-0.4, -0.2) is 22.7 Å². The van der Waals surface area contributed by atoms with Crippen molar-refractivity contribution in [2.24, 2.45) is 7.05 Å². The van der Waals surface area contributed by atoms with Crippen molar-refractivity contribution < 1.29 is 17.9 Å². The molecule has 0 amide bonds. The van der Waals surface area contributed by atoms with Gasteiger partial charge in [-0.3, -0.25) is 4.68 Å². The van der Waals surface area contributed by atoms with Crippen molar-refractivity contribution in [2.75, 3.05) is 6.54 Å². The van der Waals surface area contributed by atoms with Gasteiger partial charge in [-0.1, -0.05) is 25.1 Å². The fraction of sp³-hybridized carbons (Fsp3) is 0.357. The number of halogens is 3. The fourth-order valence-electron chi connectivity index (χ4n) is 2.14. The first-order valence-electron chi connectivity index (χ1n) is 6.47. The smallest absolute Gasteiger partial charge is 0.405 e.